The van der Waals surface area contributed by atoms with Gasteiger partial charge in [-0.05, 0) is 44.7 Å². The van der Waals surface area contributed by atoms with E-state index in [1.54, 1.807) is 18.2 Å². The summed E-state index contributed by atoms with van der Waals surface area (Å²) in [4.78, 5) is 13.4. The van der Waals surface area contributed by atoms with Crippen molar-refractivity contribution >= 4 is 23.3 Å². The number of nitrogens with zero attached hydrogens (tertiary/aromatic N) is 1. The van der Waals surface area contributed by atoms with Gasteiger partial charge in [-0.1, -0.05) is 17.7 Å². The summed E-state index contributed by atoms with van der Waals surface area (Å²) >= 11 is 6.21. The minimum atomic E-state index is -0.922. The minimum absolute atomic E-state index is 0.239. The lowest BCUT2D eigenvalue weighted by atomic mass is 10.1. The summed E-state index contributed by atoms with van der Waals surface area (Å²) in [6.45, 7) is 5.02. The van der Waals surface area contributed by atoms with Crippen LogP contribution >= 0.6 is 11.6 Å². The first-order valence-corrected chi connectivity index (χ1v) is 6.67. The van der Waals surface area contributed by atoms with E-state index in [4.69, 9.17) is 11.6 Å². The van der Waals surface area contributed by atoms with E-state index in [-0.39, 0.29) is 11.6 Å². The number of rotatable bonds is 5. The van der Waals surface area contributed by atoms with Crippen molar-refractivity contribution in [3.05, 3.63) is 28.8 Å². The molecule has 1 aromatic carbocycles. The molecule has 0 saturated heterocycles. The lowest BCUT2D eigenvalue weighted by Gasteiger charge is -2.31. The van der Waals surface area contributed by atoms with Gasteiger partial charge in [-0.15, -0.1) is 0 Å². The molecule has 0 radical (unpaired) electrons. The first-order chi connectivity index (χ1) is 8.50. The number of para-hydroxylation sites is 1. The van der Waals surface area contributed by atoms with Crippen molar-refractivity contribution in [2.75, 3.05) is 11.4 Å². The Balaban J connectivity index is 2.41. The van der Waals surface area contributed by atoms with Crippen LogP contribution in [-0.2, 0) is 0 Å². The van der Waals surface area contributed by atoms with E-state index in [1.807, 2.05) is 0 Å². The molecule has 3 nitrogen and oxygen atoms in total. The summed E-state index contributed by atoms with van der Waals surface area (Å²) in [7, 11) is 0. The van der Waals surface area contributed by atoms with E-state index in [1.165, 1.54) is 12.8 Å². The highest BCUT2D eigenvalue weighted by Gasteiger charge is 2.28. The highest BCUT2D eigenvalue weighted by Crippen LogP contribution is 2.36. The van der Waals surface area contributed by atoms with Crippen LogP contribution in [0.15, 0.2) is 18.2 Å². The summed E-state index contributed by atoms with van der Waals surface area (Å²) in [5.41, 5.74) is 0.949. The zero-order chi connectivity index (χ0) is 13.3. The third kappa shape index (κ3) is 2.78. The maximum absolute atomic E-state index is 11.3. The molecule has 0 aliphatic heterocycles. The van der Waals surface area contributed by atoms with Crippen LogP contribution < -0.4 is 4.90 Å². The Morgan fingerprint density at radius 3 is 2.67 bits per heavy atom. The molecule has 1 aliphatic rings. The number of halogens is 1. The van der Waals surface area contributed by atoms with Crippen molar-refractivity contribution in [3.8, 4) is 0 Å². The lowest BCUT2D eigenvalue weighted by molar-refractivity contribution is 0.0697. The number of hydrogen-bond donors (Lipinski definition) is 1. The molecule has 1 aliphatic carbocycles. The number of benzene rings is 1. The zero-order valence-corrected chi connectivity index (χ0v) is 11.4. The average Bonchev–Trinajstić information content (AvgIpc) is 3.09. The molecule has 2 rings (SSSR count). The van der Waals surface area contributed by atoms with Gasteiger partial charge in [0.15, 0.2) is 0 Å². The fourth-order valence-corrected chi connectivity index (χ4v) is 2.40. The maximum atomic E-state index is 11.3. The Bertz CT molecular complexity index is 455. The van der Waals surface area contributed by atoms with Crippen LogP contribution in [0.3, 0.4) is 0 Å². The van der Waals surface area contributed by atoms with Crippen molar-refractivity contribution in [2.45, 2.75) is 32.7 Å². The van der Waals surface area contributed by atoms with Gasteiger partial charge in [0, 0.05) is 12.6 Å². The van der Waals surface area contributed by atoms with Crippen LogP contribution in [0.25, 0.3) is 0 Å². The maximum Gasteiger partial charge on any atom is 0.337 e. The molecule has 18 heavy (non-hydrogen) atoms. The number of aromatic carboxylic acids is 1. The van der Waals surface area contributed by atoms with Gasteiger partial charge in [0.25, 0.3) is 0 Å². The molecule has 1 aromatic rings. The topological polar surface area (TPSA) is 40.5 Å². The van der Waals surface area contributed by atoms with Gasteiger partial charge < -0.3 is 10.0 Å². The summed E-state index contributed by atoms with van der Waals surface area (Å²) in [5.74, 6) is -0.237. The second-order valence-corrected chi connectivity index (χ2v) is 5.54. The quantitative estimate of drug-likeness (QED) is 0.885. The number of carboxylic acid groups (broad SMARTS) is 1. The Labute approximate surface area is 112 Å². The van der Waals surface area contributed by atoms with Crippen LogP contribution in [0.5, 0.6) is 0 Å². The predicted molar refractivity (Wildman–Crippen MR) is 73.6 cm³/mol. The fourth-order valence-electron chi connectivity index (χ4n) is 2.12. The second kappa shape index (κ2) is 5.19. The van der Waals surface area contributed by atoms with Crippen molar-refractivity contribution in [3.63, 3.8) is 0 Å². The first kappa shape index (κ1) is 13.2. The number of anilines is 1. The molecule has 0 bridgehead atoms. The Kier molecular flexibility index (Phi) is 3.81. The van der Waals surface area contributed by atoms with E-state index in [2.05, 4.69) is 18.7 Å². The van der Waals surface area contributed by atoms with Gasteiger partial charge >= 0.3 is 5.97 Å². The number of carboxylic acids is 1. The molecular weight excluding hydrogens is 250 g/mol. The van der Waals surface area contributed by atoms with Crippen molar-refractivity contribution in [1.82, 2.24) is 0 Å². The van der Waals surface area contributed by atoms with Crippen molar-refractivity contribution in [2.24, 2.45) is 5.92 Å². The largest absolute Gasteiger partial charge is 0.478 e. The monoisotopic (exact) mass is 267 g/mol. The molecule has 0 heterocycles. The van der Waals surface area contributed by atoms with Crippen LogP contribution in [0.4, 0.5) is 5.69 Å². The van der Waals surface area contributed by atoms with Crippen molar-refractivity contribution < 1.29 is 9.90 Å². The lowest BCUT2D eigenvalue weighted by Crippen LogP contribution is -2.34. The summed E-state index contributed by atoms with van der Waals surface area (Å²) in [6.07, 6.45) is 2.46. The van der Waals surface area contributed by atoms with Gasteiger partial charge in [-0.2, -0.15) is 0 Å². The minimum Gasteiger partial charge on any atom is -0.478 e. The zero-order valence-electron chi connectivity index (χ0n) is 10.7. The van der Waals surface area contributed by atoms with E-state index in [0.29, 0.717) is 16.6 Å². The average molecular weight is 268 g/mol. The molecule has 1 saturated carbocycles. The Hall–Kier alpha value is -1.22. The van der Waals surface area contributed by atoms with Gasteiger partial charge in [0.05, 0.1) is 16.3 Å². The van der Waals surface area contributed by atoms with Crippen molar-refractivity contribution in [1.29, 1.82) is 0 Å². The molecular formula is C14H18ClNO2. The van der Waals surface area contributed by atoms with Crippen LogP contribution in [-0.4, -0.2) is 23.7 Å². The first-order valence-electron chi connectivity index (χ1n) is 6.29. The Morgan fingerprint density at radius 2 is 2.17 bits per heavy atom. The normalized spacial score (nSPS) is 14.9. The molecule has 98 valence electrons. The molecule has 0 amide bonds. The molecule has 0 unspecified atom stereocenters. The fraction of sp³-hybridized carbons (Fsp3) is 0.500. The standard InChI is InChI=1S/C14H18ClNO2/c1-9(2)16(8-10-6-7-10)13-11(14(17)18)4-3-5-12(13)15/h3-5,9-10H,6-8H2,1-2H3,(H,17,18). The van der Waals surface area contributed by atoms with E-state index >= 15 is 0 Å². The highest BCUT2D eigenvalue weighted by molar-refractivity contribution is 6.34. The van der Waals surface area contributed by atoms with Gasteiger partial charge in [-0.3, -0.25) is 0 Å². The van der Waals surface area contributed by atoms with Gasteiger partial charge in [-0.25, -0.2) is 4.79 Å². The molecule has 4 heteroatoms. The smallest absolute Gasteiger partial charge is 0.337 e. The third-order valence-electron chi connectivity index (χ3n) is 3.28. The van der Waals surface area contributed by atoms with Crippen LogP contribution in [0, 0.1) is 5.92 Å². The van der Waals surface area contributed by atoms with Gasteiger partial charge in [0.2, 0.25) is 0 Å². The number of carbonyl (C=O) groups is 1. The predicted octanol–water partition coefficient (Wildman–Crippen LogP) is 3.66. The SMILES string of the molecule is CC(C)N(CC1CC1)c1c(Cl)cccc1C(=O)O. The highest BCUT2D eigenvalue weighted by atomic mass is 35.5. The Morgan fingerprint density at radius 1 is 1.50 bits per heavy atom. The molecule has 0 aromatic heterocycles. The molecule has 1 fully saturated rings. The third-order valence-corrected chi connectivity index (χ3v) is 3.58. The van der Waals surface area contributed by atoms with Crippen LogP contribution in [0.1, 0.15) is 37.0 Å². The van der Waals surface area contributed by atoms with Gasteiger partial charge in [0.1, 0.15) is 0 Å². The van der Waals surface area contributed by atoms with Crippen LogP contribution in [0.2, 0.25) is 5.02 Å². The summed E-state index contributed by atoms with van der Waals surface area (Å²) in [6, 6.07) is 5.30. The summed E-state index contributed by atoms with van der Waals surface area (Å²) < 4.78 is 0. The molecule has 1 N–H and O–H groups in total. The molecule has 0 spiro atoms. The van der Waals surface area contributed by atoms with E-state index in [9.17, 15) is 9.90 Å². The van der Waals surface area contributed by atoms with E-state index < -0.39 is 5.97 Å². The molecule has 0 atom stereocenters. The summed E-state index contributed by atoms with van der Waals surface area (Å²) in [5, 5.41) is 9.80. The number of hydrogen-bond acceptors (Lipinski definition) is 2. The second-order valence-electron chi connectivity index (χ2n) is 5.13. The van der Waals surface area contributed by atoms with E-state index in [0.717, 1.165) is 6.54 Å².